The van der Waals surface area contributed by atoms with Gasteiger partial charge in [-0.05, 0) is 45.4 Å². The lowest BCUT2D eigenvalue weighted by molar-refractivity contribution is -0.122. The number of esters is 1. The van der Waals surface area contributed by atoms with Gasteiger partial charge in [0.05, 0.1) is 23.1 Å². The zero-order valence-corrected chi connectivity index (χ0v) is 19.5. The van der Waals surface area contributed by atoms with Crippen LogP contribution in [0.5, 0.6) is 0 Å². The first-order valence-corrected chi connectivity index (χ1v) is 12.4. The van der Waals surface area contributed by atoms with E-state index in [9.17, 15) is 18.0 Å². The third kappa shape index (κ3) is 4.70. The molecule has 1 aliphatic rings. The standard InChI is InChI=1S/C23H25N3O6S/c1-15-11-20(17(3)25(15)21-12-16(2)32-24-21)23(28)31-13-22(27)26(18-7-5-4-6-8-18)19-9-10-33(29,30)14-19/h4-8,11-12,19H,9-10,13-14H2,1-3H3/t19-/m0/s1. The molecule has 4 rings (SSSR count). The monoisotopic (exact) mass is 471 g/mol. The van der Waals surface area contributed by atoms with Crippen molar-refractivity contribution in [2.24, 2.45) is 0 Å². The number of amides is 1. The minimum atomic E-state index is -3.21. The maximum absolute atomic E-state index is 13.1. The fourth-order valence-electron chi connectivity index (χ4n) is 4.18. The number of para-hydroxylation sites is 1. The lowest BCUT2D eigenvalue weighted by atomic mass is 10.2. The summed E-state index contributed by atoms with van der Waals surface area (Å²) in [6, 6.07) is 11.7. The number of hydrogen-bond donors (Lipinski definition) is 0. The quantitative estimate of drug-likeness (QED) is 0.508. The van der Waals surface area contributed by atoms with Gasteiger partial charge >= 0.3 is 5.97 Å². The molecular formula is C23H25N3O6S. The van der Waals surface area contributed by atoms with E-state index < -0.39 is 34.4 Å². The number of anilines is 1. The van der Waals surface area contributed by atoms with E-state index >= 15 is 0 Å². The zero-order valence-electron chi connectivity index (χ0n) is 18.6. The molecule has 0 bridgehead atoms. The Kier molecular flexibility index (Phi) is 6.11. The van der Waals surface area contributed by atoms with Gasteiger partial charge < -0.3 is 14.2 Å². The highest BCUT2D eigenvalue weighted by Gasteiger charge is 2.36. The predicted molar refractivity (Wildman–Crippen MR) is 121 cm³/mol. The second kappa shape index (κ2) is 8.86. The van der Waals surface area contributed by atoms with Gasteiger partial charge in [0.2, 0.25) is 0 Å². The van der Waals surface area contributed by atoms with Crippen LogP contribution in [0, 0.1) is 20.8 Å². The molecule has 0 unspecified atom stereocenters. The molecule has 1 amide bonds. The normalized spacial score (nSPS) is 17.1. The van der Waals surface area contributed by atoms with Crippen molar-refractivity contribution in [3.05, 3.63) is 65.2 Å². The van der Waals surface area contributed by atoms with E-state index in [0.29, 0.717) is 34.9 Å². The first kappa shape index (κ1) is 22.8. The Balaban J connectivity index is 1.52. The molecule has 10 heteroatoms. The van der Waals surface area contributed by atoms with Crippen LogP contribution in [0.1, 0.15) is 33.9 Å². The minimum absolute atomic E-state index is 0.0293. The van der Waals surface area contributed by atoms with E-state index in [0.717, 1.165) is 5.69 Å². The van der Waals surface area contributed by atoms with Crippen molar-refractivity contribution in [3.8, 4) is 5.82 Å². The lowest BCUT2D eigenvalue weighted by Crippen LogP contribution is -2.43. The topological polar surface area (TPSA) is 112 Å². The maximum Gasteiger partial charge on any atom is 0.340 e. The summed E-state index contributed by atoms with van der Waals surface area (Å²) in [4.78, 5) is 27.3. The Hall–Kier alpha value is -3.40. The van der Waals surface area contributed by atoms with Crippen LogP contribution in [0.15, 0.2) is 47.0 Å². The van der Waals surface area contributed by atoms with Crippen molar-refractivity contribution in [3.63, 3.8) is 0 Å². The van der Waals surface area contributed by atoms with Gasteiger partial charge in [0, 0.05) is 23.1 Å². The molecule has 9 nitrogen and oxygen atoms in total. The highest BCUT2D eigenvalue weighted by atomic mass is 32.2. The van der Waals surface area contributed by atoms with Crippen LogP contribution >= 0.6 is 0 Å². The Morgan fingerprint density at radius 2 is 1.91 bits per heavy atom. The van der Waals surface area contributed by atoms with E-state index in [1.54, 1.807) is 54.8 Å². The first-order chi connectivity index (χ1) is 15.7. The summed E-state index contributed by atoms with van der Waals surface area (Å²) in [5, 5.41) is 3.99. The number of ether oxygens (including phenoxy) is 1. The number of sulfone groups is 1. The molecule has 0 radical (unpaired) electrons. The second-order valence-corrected chi connectivity index (χ2v) is 10.4. The molecule has 0 saturated carbocycles. The van der Waals surface area contributed by atoms with Gasteiger partial charge in [0.1, 0.15) is 5.76 Å². The van der Waals surface area contributed by atoms with Crippen molar-refractivity contribution in [2.45, 2.75) is 33.2 Å². The fourth-order valence-corrected chi connectivity index (χ4v) is 5.88. The molecule has 1 saturated heterocycles. The maximum atomic E-state index is 13.1. The Morgan fingerprint density at radius 1 is 1.18 bits per heavy atom. The molecule has 2 aromatic heterocycles. The molecule has 0 spiro atoms. The van der Waals surface area contributed by atoms with Crippen LogP contribution in [0.4, 0.5) is 5.69 Å². The van der Waals surface area contributed by atoms with Crippen LogP contribution in [-0.2, 0) is 19.4 Å². The van der Waals surface area contributed by atoms with Gasteiger partial charge in [-0.2, -0.15) is 0 Å². The highest BCUT2D eigenvalue weighted by molar-refractivity contribution is 7.91. The van der Waals surface area contributed by atoms with Gasteiger partial charge in [-0.25, -0.2) is 13.2 Å². The Labute approximate surface area is 191 Å². The fraction of sp³-hybridized carbons (Fsp3) is 0.348. The van der Waals surface area contributed by atoms with Crippen molar-refractivity contribution in [1.29, 1.82) is 0 Å². The van der Waals surface area contributed by atoms with Crippen LogP contribution in [-0.4, -0.2) is 54.2 Å². The molecule has 3 aromatic rings. The van der Waals surface area contributed by atoms with E-state index in [1.165, 1.54) is 4.90 Å². The van der Waals surface area contributed by atoms with Crippen molar-refractivity contribution < 1.29 is 27.3 Å². The molecule has 0 N–H and O–H groups in total. The van der Waals surface area contributed by atoms with Gasteiger partial charge in [-0.1, -0.05) is 23.4 Å². The predicted octanol–water partition coefficient (Wildman–Crippen LogP) is 2.77. The smallest absolute Gasteiger partial charge is 0.340 e. The van der Waals surface area contributed by atoms with E-state index in [4.69, 9.17) is 9.26 Å². The summed E-state index contributed by atoms with van der Waals surface area (Å²) in [6.07, 6.45) is 0.342. The molecule has 33 heavy (non-hydrogen) atoms. The minimum Gasteiger partial charge on any atom is -0.452 e. The van der Waals surface area contributed by atoms with Crippen molar-refractivity contribution >= 4 is 27.4 Å². The van der Waals surface area contributed by atoms with Crippen LogP contribution in [0.25, 0.3) is 5.82 Å². The van der Waals surface area contributed by atoms with E-state index in [2.05, 4.69) is 5.16 Å². The summed E-state index contributed by atoms with van der Waals surface area (Å²) in [7, 11) is -3.21. The number of rotatable bonds is 6. The average molecular weight is 472 g/mol. The highest BCUT2D eigenvalue weighted by Crippen LogP contribution is 2.25. The number of benzene rings is 1. The van der Waals surface area contributed by atoms with Crippen LogP contribution < -0.4 is 4.90 Å². The number of hydrogen-bond acceptors (Lipinski definition) is 7. The lowest BCUT2D eigenvalue weighted by Gasteiger charge is -2.28. The van der Waals surface area contributed by atoms with E-state index in [1.807, 2.05) is 13.0 Å². The summed E-state index contributed by atoms with van der Waals surface area (Å²) >= 11 is 0. The van der Waals surface area contributed by atoms with Crippen LogP contribution in [0.3, 0.4) is 0 Å². The number of carbonyl (C=O) groups is 2. The van der Waals surface area contributed by atoms with Gasteiger partial charge in [0.15, 0.2) is 22.3 Å². The molecule has 1 fully saturated rings. The largest absolute Gasteiger partial charge is 0.452 e. The van der Waals surface area contributed by atoms with Gasteiger partial charge in [-0.3, -0.25) is 9.36 Å². The Morgan fingerprint density at radius 3 is 2.52 bits per heavy atom. The summed E-state index contributed by atoms with van der Waals surface area (Å²) in [5.41, 5.74) is 2.26. The summed E-state index contributed by atoms with van der Waals surface area (Å²) in [5.74, 6) is -0.00781. The molecule has 1 aromatic carbocycles. The average Bonchev–Trinajstić information content (AvgIpc) is 3.44. The SMILES string of the molecule is Cc1cc(-n2c(C)cc(C(=O)OCC(=O)N(c3ccccc3)[C@H]3CCS(=O)(=O)C3)c2C)no1. The van der Waals surface area contributed by atoms with Gasteiger partial charge in [0.25, 0.3) is 5.91 Å². The molecule has 174 valence electrons. The molecule has 3 heterocycles. The third-order valence-electron chi connectivity index (χ3n) is 5.70. The summed E-state index contributed by atoms with van der Waals surface area (Å²) in [6.45, 7) is 4.86. The molecule has 1 atom stereocenters. The first-order valence-electron chi connectivity index (χ1n) is 10.5. The number of carbonyl (C=O) groups excluding carboxylic acids is 2. The molecular weight excluding hydrogens is 446 g/mol. The van der Waals surface area contributed by atoms with Crippen molar-refractivity contribution in [1.82, 2.24) is 9.72 Å². The van der Waals surface area contributed by atoms with Gasteiger partial charge in [-0.15, -0.1) is 0 Å². The number of nitrogens with zero attached hydrogens (tertiary/aromatic N) is 3. The summed E-state index contributed by atoms with van der Waals surface area (Å²) < 4.78 is 36.3. The Bertz CT molecular complexity index is 1290. The van der Waals surface area contributed by atoms with Crippen LogP contribution in [0.2, 0.25) is 0 Å². The zero-order chi connectivity index (χ0) is 23.8. The van der Waals surface area contributed by atoms with Crippen molar-refractivity contribution in [2.75, 3.05) is 23.0 Å². The van der Waals surface area contributed by atoms with E-state index in [-0.39, 0.29) is 11.5 Å². The number of aromatic nitrogens is 2. The third-order valence-corrected chi connectivity index (χ3v) is 7.45. The molecule has 1 aliphatic heterocycles. The molecule has 0 aliphatic carbocycles. The second-order valence-electron chi connectivity index (χ2n) is 8.15. The number of aryl methyl sites for hydroxylation is 2.